The summed E-state index contributed by atoms with van der Waals surface area (Å²) in [5.41, 5.74) is 0. The Morgan fingerprint density at radius 1 is 1.60 bits per heavy atom. The largest absolute Gasteiger partial charge is 0.457 e. The molecule has 0 radical (unpaired) electrons. The number of carbonyl (C=O) groups is 1. The summed E-state index contributed by atoms with van der Waals surface area (Å²) in [6.07, 6.45) is -0.843. The average molecular weight is 257 g/mol. The van der Waals surface area contributed by atoms with Crippen LogP contribution in [0.4, 0.5) is 0 Å². The quantitative estimate of drug-likeness (QED) is 0.568. The van der Waals surface area contributed by atoms with Crippen LogP contribution in [0.3, 0.4) is 0 Å². The van der Waals surface area contributed by atoms with Crippen LogP contribution < -0.4 is 0 Å². The molecular formula is C9H14Cl2O4. The molecule has 0 saturated carbocycles. The number of methoxy groups -OCH3 is 1. The molecule has 1 saturated heterocycles. The second-order valence-corrected chi connectivity index (χ2v) is 4.20. The van der Waals surface area contributed by atoms with Gasteiger partial charge in [-0.3, -0.25) is 4.79 Å². The van der Waals surface area contributed by atoms with Gasteiger partial charge in [0.2, 0.25) is 0 Å². The Morgan fingerprint density at radius 3 is 2.73 bits per heavy atom. The lowest BCUT2D eigenvalue weighted by Crippen LogP contribution is -2.48. The summed E-state index contributed by atoms with van der Waals surface area (Å²) in [4.78, 5) is 10.8. The molecule has 0 aromatic heterocycles. The Morgan fingerprint density at radius 2 is 2.27 bits per heavy atom. The molecule has 4 unspecified atom stereocenters. The van der Waals surface area contributed by atoms with Crippen molar-refractivity contribution in [2.75, 3.05) is 13.0 Å². The van der Waals surface area contributed by atoms with E-state index < -0.39 is 12.4 Å². The van der Waals surface area contributed by atoms with Gasteiger partial charge in [-0.05, 0) is 0 Å². The summed E-state index contributed by atoms with van der Waals surface area (Å²) in [5.74, 6) is -0.0836. The van der Waals surface area contributed by atoms with Gasteiger partial charge >= 0.3 is 5.97 Å². The van der Waals surface area contributed by atoms with Crippen molar-refractivity contribution in [2.24, 2.45) is 0 Å². The van der Waals surface area contributed by atoms with E-state index in [1.807, 2.05) is 0 Å². The van der Waals surface area contributed by atoms with Crippen LogP contribution in [0.15, 0.2) is 0 Å². The van der Waals surface area contributed by atoms with Gasteiger partial charge in [0.25, 0.3) is 0 Å². The van der Waals surface area contributed by atoms with Crippen LogP contribution in [-0.2, 0) is 19.0 Å². The van der Waals surface area contributed by atoms with Crippen LogP contribution in [0.1, 0.15) is 13.3 Å². The maximum Gasteiger partial charge on any atom is 0.303 e. The lowest BCUT2D eigenvalue weighted by molar-refractivity contribution is -0.232. The number of hydrogen-bond donors (Lipinski definition) is 0. The van der Waals surface area contributed by atoms with Crippen molar-refractivity contribution in [1.82, 2.24) is 0 Å². The molecule has 0 bridgehead atoms. The first-order valence-electron chi connectivity index (χ1n) is 4.64. The van der Waals surface area contributed by atoms with Crippen molar-refractivity contribution in [1.29, 1.82) is 0 Å². The number of ether oxygens (including phenoxy) is 3. The van der Waals surface area contributed by atoms with Crippen LogP contribution >= 0.6 is 23.2 Å². The number of carbonyl (C=O) groups excluding carboxylic acids is 1. The molecule has 1 heterocycles. The fraction of sp³-hybridized carbons (Fsp3) is 0.889. The van der Waals surface area contributed by atoms with Crippen LogP contribution in [0.2, 0.25) is 0 Å². The zero-order valence-corrected chi connectivity index (χ0v) is 10.1. The van der Waals surface area contributed by atoms with Crippen LogP contribution in [0.5, 0.6) is 0 Å². The van der Waals surface area contributed by atoms with Crippen LogP contribution in [-0.4, -0.2) is 42.8 Å². The van der Waals surface area contributed by atoms with Gasteiger partial charge < -0.3 is 14.2 Å². The molecular weight excluding hydrogens is 243 g/mol. The maximum absolute atomic E-state index is 10.8. The number of hydrogen-bond acceptors (Lipinski definition) is 4. The minimum atomic E-state index is -0.590. The number of alkyl halides is 2. The molecule has 1 rings (SSSR count). The molecule has 15 heavy (non-hydrogen) atoms. The molecule has 1 aliphatic heterocycles. The van der Waals surface area contributed by atoms with Crippen molar-refractivity contribution in [2.45, 2.75) is 37.2 Å². The molecule has 6 heteroatoms. The van der Waals surface area contributed by atoms with Crippen LogP contribution in [0, 0.1) is 0 Å². The van der Waals surface area contributed by atoms with Crippen molar-refractivity contribution < 1.29 is 19.0 Å². The smallest absolute Gasteiger partial charge is 0.303 e. The van der Waals surface area contributed by atoms with Gasteiger partial charge in [0.1, 0.15) is 0 Å². The van der Waals surface area contributed by atoms with E-state index in [1.54, 1.807) is 0 Å². The Balaban J connectivity index is 2.60. The summed E-state index contributed by atoms with van der Waals surface area (Å²) in [7, 11) is 1.49. The van der Waals surface area contributed by atoms with Gasteiger partial charge in [-0.15, -0.1) is 23.2 Å². The molecule has 0 spiro atoms. The molecule has 0 aromatic carbocycles. The monoisotopic (exact) mass is 256 g/mol. The highest BCUT2D eigenvalue weighted by Gasteiger charge is 2.38. The van der Waals surface area contributed by atoms with E-state index in [9.17, 15) is 4.79 Å². The van der Waals surface area contributed by atoms with Crippen molar-refractivity contribution in [3.63, 3.8) is 0 Å². The Bertz CT molecular complexity index is 224. The zero-order chi connectivity index (χ0) is 11.4. The minimum absolute atomic E-state index is 0.266. The zero-order valence-electron chi connectivity index (χ0n) is 8.61. The molecule has 0 N–H and O–H groups in total. The third kappa shape index (κ3) is 3.48. The molecule has 88 valence electrons. The maximum atomic E-state index is 10.8. The van der Waals surface area contributed by atoms with Crippen LogP contribution in [0.25, 0.3) is 0 Å². The van der Waals surface area contributed by atoms with Gasteiger partial charge in [-0.25, -0.2) is 0 Å². The van der Waals surface area contributed by atoms with E-state index in [4.69, 9.17) is 37.4 Å². The third-order valence-corrected chi connectivity index (χ3v) is 2.94. The summed E-state index contributed by atoms with van der Waals surface area (Å²) in [6, 6.07) is 0. The predicted octanol–water partition coefficient (Wildman–Crippen LogP) is 1.53. The van der Waals surface area contributed by atoms with Gasteiger partial charge in [-0.1, -0.05) is 0 Å². The fourth-order valence-electron chi connectivity index (χ4n) is 1.49. The van der Waals surface area contributed by atoms with Gasteiger partial charge in [0.05, 0.1) is 17.4 Å². The van der Waals surface area contributed by atoms with E-state index in [2.05, 4.69) is 0 Å². The minimum Gasteiger partial charge on any atom is -0.457 e. The van der Waals surface area contributed by atoms with Crippen molar-refractivity contribution >= 4 is 29.2 Å². The summed E-state index contributed by atoms with van der Waals surface area (Å²) < 4.78 is 15.6. The van der Waals surface area contributed by atoms with Gasteiger partial charge in [0.15, 0.2) is 12.4 Å². The molecule has 0 amide bonds. The van der Waals surface area contributed by atoms with Gasteiger partial charge in [0, 0.05) is 20.5 Å². The third-order valence-electron chi connectivity index (χ3n) is 2.18. The first-order valence-corrected chi connectivity index (χ1v) is 5.61. The molecule has 4 atom stereocenters. The average Bonchev–Trinajstić information content (AvgIpc) is 2.17. The predicted molar refractivity (Wildman–Crippen MR) is 56.2 cm³/mol. The second-order valence-electron chi connectivity index (χ2n) is 3.33. The Labute approximate surface area is 98.8 Å². The highest BCUT2D eigenvalue weighted by Crippen LogP contribution is 2.27. The topological polar surface area (TPSA) is 44.8 Å². The molecule has 1 fully saturated rings. The highest BCUT2D eigenvalue weighted by atomic mass is 35.5. The summed E-state index contributed by atoms with van der Waals surface area (Å²) in [5, 5.41) is -0.266. The number of esters is 1. The Kier molecular flexibility index (Phi) is 5.12. The van der Waals surface area contributed by atoms with E-state index in [-0.39, 0.29) is 17.5 Å². The van der Waals surface area contributed by atoms with E-state index in [1.165, 1.54) is 14.0 Å². The molecule has 0 aliphatic carbocycles. The molecule has 0 aromatic rings. The lowest BCUT2D eigenvalue weighted by atomic mass is 10.1. The summed E-state index contributed by atoms with van der Waals surface area (Å²) in [6.45, 7) is 1.34. The fourth-order valence-corrected chi connectivity index (χ4v) is 2.19. The van der Waals surface area contributed by atoms with Gasteiger partial charge in [-0.2, -0.15) is 0 Å². The first kappa shape index (κ1) is 13.0. The van der Waals surface area contributed by atoms with E-state index in [0.717, 1.165) is 0 Å². The lowest BCUT2D eigenvalue weighted by Gasteiger charge is -2.36. The highest BCUT2D eigenvalue weighted by molar-refractivity contribution is 6.23. The van der Waals surface area contributed by atoms with E-state index in [0.29, 0.717) is 12.3 Å². The van der Waals surface area contributed by atoms with Crippen molar-refractivity contribution in [3.8, 4) is 0 Å². The van der Waals surface area contributed by atoms with Crippen molar-refractivity contribution in [3.05, 3.63) is 0 Å². The summed E-state index contributed by atoms with van der Waals surface area (Å²) >= 11 is 11.7. The molecule has 1 aliphatic rings. The van der Waals surface area contributed by atoms with E-state index >= 15 is 0 Å². The first-order chi connectivity index (χ1) is 7.08. The Hall–Kier alpha value is -0.0300. The normalized spacial score (nSPS) is 36.3. The SMILES string of the molecule is COC1OC(CCl)C(Cl)CC1OC(C)=O. The number of rotatable bonds is 3. The molecule has 4 nitrogen and oxygen atoms in total. The number of halogens is 2. The standard InChI is InChI=1S/C9H14Cl2O4/c1-5(12)14-7-3-6(11)8(4-10)15-9(7)13-2/h6-9H,3-4H2,1-2H3. The second kappa shape index (κ2) is 5.89.